The topological polar surface area (TPSA) is 95.5 Å². The van der Waals surface area contributed by atoms with Gasteiger partial charge in [0.1, 0.15) is 6.04 Å². The third-order valence-corrected chi connectivity index (χ3v) is 3.65. The van der Waals surface area contributed by atoms with Crippen LogP contribution in [0.4, 0.5) is 5.69 Å². The predicted octanol–water partition coefficient (Wildman–Crippen LogP) is 3.31. The Balaban J connectivity index is 2.91. The van der Waals surface area contributed by atoms with E-state index in [1.807, 2.05) is 20.8 Å². The van der Waals surface area contributed by atoms with Gasteiger partial charge in [0.25, 0.3) is 5.91 Å². The third-order valence-electron chi connectivity index (χ3n) is 3.32. The fraction of sp³-hybridized carbons (Fsp3) is 0.471. The van der Waals surface area contributed by atoms with Crippen LogP contribution < -0.4 is 10.6 Å². The van der Waals surface area contributed by atoms with Gasteiger partial charge in [-0.1, -0.05) is 32.4 Å². The quantitative estimate of drug-likeness (QED) is 0.730. The van der Waals surface area contributed by atoms with Crippen LogP contribution in [0.15, 0.2) is 18.2 Å². The van der Waals surface area contributed by atoms with Crippen LogP contribution in [0.1, 0.15) is 50.9 Å². The van der Waals surface area contributed by atoms with Crippen molar-refractivity contribution in [2.75, 3.05) is 5.32 Å². The fourth-order valence-corrected chi connectivity index (χ4v) is 2.25. The number of hydrogen-bond acceptors (Lipinski definition) is 3. The average Bonchev–Trinajstić information content (AvgIpc) is 2.43. The molecule has 1 aromatic carbocycles. The first-order valence-electron chi connectivity index (χ1n) is 7.60. The second-order valence-electron chi connectivity index (χ2n) is 6.84. The summed E-state index contributed by atoms with van der Waals surface area (Å²) >= 11 is 6.02. The molecule has 0 fully saturated rings. The fourth-order valence-electron chi connectivity index (χ4n) is 2.05. The van der Waals surface area contributed by atoms with E-state index < -0.39 is 17.9 Å². The minimum Gasteiger partial charge on any atom is -0.480 e. The number of benzene rings is 1. The van der Waals surface area contributed by atoms with Gasteiger partial charge in [-0.15, -0.1) is 0 Å². The van der Waals surface area contributed by atoms with Crippen LogP contribution in [0.3, 0.4) is 0 Å². The molecule has 0 aromatic heterocycles. The van der Waals surface area contributed by atoms with Crippen LogP contribution in [0.5, 0.6) is 0 Å². The summed E-state index contributed by atoms with van der Waals surface area (Å²) in [5.74, 6) is -1.97. The van der Waals surface area contributed by atoms with Gasteiger partial charge < -0.3 is 15.7 Å². The lowest BCUT2D eigenvalue weighted by Gasteiger charge is -2.22. The first-order chi connectivity index (χ1) is 11.0. The summed E-state index contributed by atoms with van der Waals surface area (Å²) in [6, 6.07) is 3.46. The monoisotopic (exact) mass is 354 g/mol. The van der Waals surface area contributed by atoms with E-state index in [0.29, 0.717) is 18.5 Å². The number of aliphatic carboxylic acids is 1. The smallest absolute Gasteiger partial charge is 0.326 e. The minimum atomic E-state index is -1.10. The highest BCUT2D eigenvalue weighted by Crippen LogP contribution is 2.23. The molecule has 1 unspecified atom stereocenters. The Bertz CT molecular complexity index is 638. The molecular formula is C17H23ClN2O4. The lowest BCUT2D eigenvalue weighted by Crippen LogP contribution is -2.41. The number of halogens is 1. The number of carboxylic acids is 1. The van der Waals surface area contributed by atoms with Crippen molar-refractivity contribution in [3.05, 3.63) is 28.8 Å². The Morgan fingerprint density at radius 2 is 1.88 bits per heavy atom. The highest BCUT2D eigenvalue weighted by atomic mass is 35.5. The number of amides is 2. The van der Waals surface area contributed by atoms with E-state index in [2.05, 4.69) is 10.6 Å². The van der Waals surface area contributed by atoms with Crippen molar-refractivity contribution < 1.29 is 19.5 Å². The summed E-state index contributed by atoms with van der Waals surface area (Å²) in [7, 11) is 0. The highest BCUT2D eigenvalue weighted by Gasteiger charge is 2.24. The molecule has 0 aliphatic heterocycles. The number of rotatable bonds is 6. The van der Waals surface area contributed by atoms with Crippen molar-refractivity contribution >= 4 is 35.1 Å². The number of nitrogens with one attached hydrogen (secondary N) is 2. The maximum Gasteiger partial charge on any atom is 0.326 e. The van der Waals surface area contributed by atoms with Gasteiger partial charge in [0.05, 0.1) is 10.6 Å². The number of anilines is 1. The second-order valence-corrected chi connectivity index (χ2v) is 7.25. The van der Waals surface area contributed by atoms with E-state index in [1.165, 1.54) is 19.1 Å². The lowest BCUT2D eigenvalue weighted by atomic mass is 9.88. The molecule has 1 atom stereocenters. The molecule has 3 N–H and O–H groups in total. The van der Waals surface area contributed by atoms with Crippen LogP contribution in [-0.4, -0.2) is 28.9 Å². The minimum absolute atomic E-state index is 0.0403. The van der Waals surface area contributed by atoms with Gasteiger partial charge in [0, 0.05) is 12.6 Å². The van der Waals surface area contributed by atoms with Gasteiger partial charge in [0.15, 0.2) is 0 Å². The zero-order chi connectivity index (χ0) is 18.5. The summed E-state index contributed by atoms with van der Waals surface area (Å²) in [6.45, 7) is 7.35. The molecule has 0 aliphatic rings. The zero-order valence-corrected chi connectivity index (χ0v) is 15.0. The Morgan fingerprint density at radius 1 is 1.25 bits per heavy atom. The van der Waals surface area contributed by atoms with Crippen molar-refractivity contribution in [2.24, 2.45) is 5.41 Å². The second kappa shape index (κ2) is 8.15. The summed E-state index contributed by atoms with van der Waals surface area (Å²) in [5.41, 5.74) is 0.491. The van der Waals surface area contributed by atoms with E-state index in [0.717, 1.165) is 0 Å². The molecule has 0 heterocycles. The molecule has 0 saturated heterocycles. The lowest BCUT2D eigenvalue weighted by molar-refractivity contribution is -0.139. The molecule has 0 saturated carbocycles. The van der Waals surface area contributed by atoms with Crippen molar-refractivity contribution in [2.45, 2.75) is 46.6 Å². The summed E-state index contributed by atoms with van der Waals surface area (Å²) in [6.07, 6.45) is 0.956. The van der Waals surface area contributed by atoms with Gasteiger partial charge in [-0.05, 0) is 36.5 Å². The number of hydrogen-bond donors (Lipinski definition) is 3. The zero-order valence-electron chi connectivity index (χ0n) is 14.3. The maximum absolute atomic E-state index is 12.4. The summed E-state index contributed by atoms with van der Waals surface area (Å²) < 4.78 is 0. The van der Waals surface area contributed by atoms with E-state index in [-0.39, 0.29) is 21.9 Å². The Labute approximate surface area is 146 Å². The van der Waals surface area contributed by atoms with Crippen molar-refractivity contribution in [1.29, 1.82) is 0 Å². The molecular weight excluding hydrogens is 332 g/mol. The van der Waals surface area contributed by atoms with Crippen molar-refractivity contribution in [1.82, 2.24) is 5.32 Å². The molecule has 1 rings (SSSR count). The van der Waals surface area contributed by atoms with Crippen LogP contribution in [0.2, 0.25) is 5.02 Å². The Kier molecular flexibility index (Phi) is 6.78. The van der Waals surface area contributed by atoms with Crippen LogP contribution >= 0.6 is 11.6 Å². The average molecular weight is 355 g/mol. The number of carbonyl (C=O) groups is 3. The molecule has 0 aliphatic carbocycles. The maximum atomic E-state index is 12.4. The Hall–Kier alpha value is -2.08. The molecule has 7 heteroatoms. The SMILES string of the molecule is CC(=O)Nc1ccc(Cl)c(C(=O)NC(CCC(C)(C)C)C(=O)O)c1. The third kappa shape index (κ3) is 6.58. The highest BCUT2D eigenvalue weighted by molar-refractivity contribution is 6.34. The van der Waals surface area contributed by atoms with E-state index in [4.69, 9.17) is 11.6 Å². The van der Waals surface area contributed by atoms with Crippen molar-refractivity contribution in [3.63, 3.8) is 0 Å². The predicted molar refractivity (Wildman–Crippen MR) is 93.3 cm³/mol. The van der Waals surface area contributed by atoms with Crippen molar-refractivity contribution in [3.8, 4) is 0 Å². The molecule has 6 nitrogen and oxygen atoms in total. The first-order valence-corrected chi connectivity index (χ1v) is 7.98. The first kappa shape index (κ1) is 20.0. The molecule has 0 radical (unpaired) electrons. The summed E-state index contributed by atoms with van der Waals surface area (Å²) in [5, 5.41) is 14.5. The van der Waals surface area contributed by atoms with Gasteiger partial charge in [-0.2, -0.15) is 0 Å². The number of carbonyl (C=O) groups excluding carboxylic acids is 2. The van der Waals surface area contributed by atoms with E-state index >= 15 is 0 Å². The van der Waals surface area contributed by atoms with Crippen LogP contribution in [-0.2, 0) is 9.59 Å². The molecule has 1 aromatic rings. The molecule has 0 bridgehead atoms. The van der Waals surface area contributed by atoms with Crippen LogP contribution in [0, 0.1) is 5.41 Å². The standard InChI is InChI=1S/C17H23ClN2O4/c1-10(21)19-11-5-6-13(18)12(9-11)15(22)20-14(16(23)24)7-8-17(2,3)4/h5-6,9,14H,7-8H2,1-4H3,(H,19,21)(H,20,22)(H,23,24). The van der Waals surface area contributed by atoms with Gasteiger partial charge in [0.2, 0.25) is 5.91 Å². The van der Waals surface area contributed by atoms with Gasteiger partial charge in [-0.25, -0.2) is 4.79 Å². The number of carboxylic acid groups (broad SMARTS) is 1. The molecule has 24 heavy (non-hydrogen) atoms. The summed E-state index contributed by atoms with van der Waals surface area (Å²) in [4.78, 5) is 34.9. The Morgan fingerprint density at radius 3 is 2.38 bits per heavy atom. The largest absolute Gasteiger partial charge is 0.480 e. The van der Waals surface area contributed by atoms with E-state index in [1.54, 1.807) is 6.07 Å². The molecule has 0 spiro atoms. The molecule has 2 amide bonds. The van der Waals surface area contributed by atoms with Gasteiger partial charge in [-0.3, -0.25) is 9.59 Å². The molecule has 132 valence electrons. The van der Waals surface area contributed by atoms with E-state index in [9.17, 15) is 19.5 Å². The van der Waals surface area contributed by atoms with Gasteiger partial charge >= 0.3 is 5.97 Å². The normalized spacial score (nSPS) is 12.4. The van der Waals surface area contributed by atoms with Crippen LogP contribution in [0.25, 0.3) is 0 Å².